The van der Waals surface area contributed by atoms with Crippen LogP contribution in [0.15, 0.2) is 42.7 Å². The molecule has 1 saturated heterocycles. The van der Waals surface area contributed by atoms with Crippen LogP contribution >= 0.6 is 0 Å². The monoisotopic (exact) mass is 430 g/mol. The second-order valence-electron chi connectivity index (χ2n) is 8.37. The summed E-state index contributed by atoms with van der Waals surface area (Å²) < 4.78 is 14.5. The maximum atomic E-state index is 14.5. The van der Waals surface area contributed by atoms with Gasteiger partial charge in [0.15, 0.2) is 0 Å². The summed E-state index contributed by atoms with van der Waals surface area (Å²) in [4.78, 5) is 18.3. The molecular weight excluding hydrogens is 403 g/mol. The number of benzene rings is 1. The lowest BCUT2D eigenvalue weighted by Crippen LogP contribution is -2.34. The number of aromatic nitrogens is 3. The number of halogens is 1. The van der Waals surface area contributed by atoms with Crippen LogP contribution in [0.1, 0.15) is 31.7 Å². The Morgan fingerprint density at radius 3 is 2.41 bits per heavy atom. The average Bonchev–Trinajstić information content (AvgIpc) is 2.83. The normalized spacial score (nSPS) is 14.3. The topological polar surface area (TPSA) is 68.9 Å². The van der Waals surface area contributed by atoms with Crippen LogP contribution in [-0.4, -0.2) is 42.1 Å². The molecule has 1 aliphatic rings. The van der Waals surface area contributed by atoms with E-state index in [0.717, 1.165) is 49.0 Å². The molecule has 0 unspecified atom stereocenters. The van der Waals surface area contributed by atoms with Gasteiger partial charge in [0, 0.05) is 44.5 Å². The maximum Gasteiger partial charge on any atom is 0.147 e. The highest BCUT2D eigenvalue weighted by molar-refractivity contribution is 5.79. The predicted octanol–water partition coefficient (Wildman–Crippen LogP) is 4.91. The Balaban J connectivity index is 1.77. The molecule has 6 nitrogen and oxygen atoms in total. The summed E-state index contributed by atoms with van der Waals surface area (Å²) in [7, 11) is 3.87. The summed E-state index contributed by atoms with van der Waals surface area (Å²) in [5.74, 6) is 1.82. The number of nitrogens with zero attached hydrogens (tertiary/aromatic N) is 6. The van der Waals surface area contributed by atoms with E-state index in [1.807, 2.05) is 37.2 Å². The Morgan fingerprint density at radius 2 is 1.81 bits per heavy atom. The first kappa shape index (κ1) is 21.7. The number of piperidine rings is 1. The molecule has 0 amide bonds. The highest BCUT2D eigenvalue weighted by Crippen LogP contribution is 2.33. The van der Waals surface area contributed by atoms with E-state index in [1.54, 1.807) is 18.5 Å². The summed E-state index contributed by atoms with van der Waals surface area (Å²) in [5.41, 5.74) is 2.63. The van der Waals surface area contributed by atoms with Crippen LogP contribution in [0.2, 0.25) is 0 Å². The van der Waals surface area contributed by atoms with Gasteiger partial charge < -0.3 is 9.80 Å². The molecule has 0 atom stereocenters. The van der Waals surface area contributed by atoms with Crippen LogP contribution < -0.4 is 9.80 Å². The van der Waals surface area contributed by atoms with Gasteiger partial charge in [-0.2, -0.15) is 5.26 Å². The second kappa shape index (κ2) is 9.31. The van der Waals surface area contributed by atoms with E-state index in [-0.39, 0.29) is 5.56 Å². The van der Waals surface area contributed by atoms with E-state index in [0.29, 0.717) is 17.0 Å². The lowest BCUT2D eigenvalue weighted by Gasteiger charge is -2.32. The zero-order valence-electron chi connectivity index (χ0n) is 18.7. The van der Waals surface area contributed by atoms with Crippen LogP contribution in [0.25, 0.3) is 22.5 Å². The molecule has 0 spiro atoms. The van der Waals surface area contributed by atoms with Crippen molar-refractivity contribution < 1.29 is 4.39 Å². The molecule has 3 aromatic rings. The van der Waals surface area contributed by atoms with Crippen LogP contribution in [0.4, 0.5) is 16.0 Å². The highest BCUT2D eigenvalue weighted by atomic mass is 19.1. The third kappa shape index (κ3) is 4.40. The van der Waals surface area contributed by atoms with Gasteiger partial charge in [0.1, 0.15) is 23.5 Å². The zero-order valence-corrected chi connectivity index (χ0v) is 18.7. The lowest BCUT2D eigenvalue weighted by molar-refractivity contribution is 0.393. The Morgan fingerprint density at radius 1 is 1.06 bits per heavy atom. The van der Waals surface area contributed by atoms with Gasteiger partial charge in [-0.1, -0.05) is 19.4 Å². The number of hydrogen-bond acceptors (Lipinski definition) is 6. The fraction of sp³-hybridized carbons (Fsp3) is 0.360. The van der Waals surface area contributed by atoms with E-state index < -0.39 is 5.82 Å². The number of anilines is 2. The van der Waals surface area contributed by atoms with Gasteiger partial charge in [-0.3, -0.25) is 4.98 Å². The van der Waals surface area contributed by atoms with E-state index in [2.05, 4.69) is 16.8 Å². The second-order valence-corrected chi connectivity index (χ2v) is 8.37. The number of nitriles is 1. The minimum Gasteiger partial charge on any atom is -0.363 e. The van der Waals surface area contributed by atoms with Crippen LogP contribution in [0, 0.1) is 23.1 Å². The van der Waals surface area contributed by atoms with Gasteiger partial charge in [0.2, 0.25) is 0 Å². The summed E-state index contributed by atoms with van der Waals surface area (Å²) in [6.07, 6.45) is 7.03. The van der Waals surface area contributed by atoms with Crippen molar-refractivity contribution in [3.8, 4) is 28.6 Å². The molecule has 1 aromatic carbocycles. The van der Waals surface area contributed by atoms with Crippen LogP contribution in [0.5, 0.6) is 0 Å². The first-order valence-corrected chi connectivity index (χ1v) is 11.0. The molecule has 164 valence electrons. The number of rotatable bonds is 5. The average molecular weight is 431 g/mol. The number of pyridine rings is 1. The molecule has 0 radical (unpaired) electrons. The highest BCUT2D eigenvalue weighted by Gasteiger charge is 2.21. The summed E-state index contributed by atoms with van der Waals surface area (Å²) >= 11 is 0. The minimum atomic E-state index is -0.562. The molecule has 1 aliphatic heterocycles. The first-order valence-electron chi connectivity index (χ1n) is 11.0. The summed E-state index contributed by atoms with van der Waals surface area (Å²) in [5, 5.41) is 9.10. The van der Waals surface area contributed by atoms with Crippen molar-refractivity contribution in [3.63, 3.8) is 0 Å². The molecule has 3 heterocycles. The molecular formula is C25H27FN6. The smallest absolute Gasteiger partial charge is 0.147 e. The van der Waals surface area contributed by atoms with Gasteiger partial charge in [-0.05, 0) is 43.0 Å². The molecule has 0 bridgehead atoms. The predicted molar refractivity (Wildman–Crippen MR) is 125 cm³/mol. The van der Waals surface area contributed by atoms with Gasteiger partial charge in [0.25, 0.3) is 0 Å². The minimum absolute atomic E-state index is 0.0121. The van der Waals surface area contributed by atoms with Gasteiger partial charge >= 0.3 is 0 Å². The van der Waals surface area contributed by atoms with Crippen molar-refractivity contribution in [2.75, 3.05) is 37.0 Å². The molecule has 2 aromatic heterocycles. The zero-order chi connectivity index (χ0) is 22.7. The summed E-state index contributed by atoms with van der Waals surface area (Å²) in [6, 6.07) is 10.3. The fourth-order valence-electron chi connectivity index (χ4n) is 4.06. The van der Waals surface area contributed by atoms with Crippen molar-refractivity contribution >= 4 is 11.6 Å². The van der Waals surface area contributed by atoms with E-state index >= 15 is 0 Å². The molecule has 1 fully saturated rings. The van der Waals surface area contributed by atoms with Gasteiger partial charge in [-0.15, -0.1) is 0 Å². The molecule has 7 heteroatoms. The van der Waals surface area contributed by atoms with Crippen molar-refractivity contribution in [2.45, 2.75) is 26.2 Å². The van der Waals surface area contributed by atoms with Crippen molar-refractivity contribution in [3.05, 3.63) is 54.1 Å². The molecule has 0 N–H and O–H groups in total. The van der Waals surface area contributed by atoms with Gasteiger partial charge in [-0.25, -0.2) is 14.4 Å². The molecule has 4 rings (SSSR count). The van der Waals surface area contributed by atoms with Gasteiger partial charge in [0.05, 0.1) is 23.1 Å². The number of hydrogen-bond donors (Lipinski definition) is 0. The van der Waals surface area contributed by atoms with Crippen LogP contribution in [0.3, 0.4) is 0 Å². The quantitative estimate of drug-likeness (QED) is 0.573. The van der Waals surface area contributed by atoms with Crippen molar-refractivity contribution in [1.82, 2.24) is 15.0 Å². The third-order valence-corrected chi connectivity index (χ3v) is 6.12. The lowest BCUT2D eigenvalue weighted by atomic mass is 9.94. The Labute approximate surface area is 188 Å². The molecule has 0 saturated carbocycles. The Hall–Kier alpha value is -3.53. The molecule has 0 aliphatic carbocycles. The molecule has 32 heavy (non-hydrogen) atoms. The SMILES string of the molecule is CCC1CCN(c2cnc(-c3ccc(N(C)C)nc3)c(-c3ccc(C#N)c(F)c3)n2)CC1. The van der Waals surface area contributed by atoms with E-state index in [1.165, 1.54) is 18.6 Å². The Kier molecular flexibility index (Phi) is 6.31. The third-order valence-electron chi connectivity index (χ3n) is 6.12. The van der Waals surface area contributed by atoms with E-state index in [4.69, 9.17) is 15.2 Å². The summed E-state index contributed by atoms with van der Waals surface area (Å²) in [6.45, 7) is 4.11. The standard InChI is InChI=1S/C25H27FN6/c1-4-17-9-11-32(12-10-17)23-16-29-24(20-7-8-22(28-15-20)31(2)3)25(30-23)18-5-6-19(14-27)21(26)13-18/h5-8,13,15-17H,4,9-12H2,1-3H3. The maximum absolute atomic E-state index is 14.5. The first-order chi connectivity index (χ1) is 15.5. The Bertz CT molecular complexity index is 1130. The fourth-order valence-corrected chi connectivity index (χ4v) is 4.06. The van der Waals surface area contributed by atoms with Crippen molar-refractivity contribution in [2.24, 2.45) is 5.92 Å². The largest absolute Gasteiger partial charge is 0.363 e. The van der Waals surface area contributed by atoms with Crippen molar-refractivity contribution in [1.29, 1.82) is 5.26 Å². The van der Waals surface area contributed by atoms with E-state index in [9.17, 15) is 4.39 Å². The van der Waals surface area contributed by atoms with Crippen LogP contribution in [-0.2, 0) is 0 Å².